The van der Waals surface area contributed by atoms with Crippen LogP contribution in [0.4, 0.5) is 5.69 Å². The molecule has 0 amide bonds. The molecule has 0 radical (unpaired) electrons. The predicted octanol–water partition coefficient (Wildman–Crippen LogP) is 3.23. The van der Waals surface area contributed by atoms with Gasteiger partial charge in [-0.05, 0) is 63.5 Å². The van der Waals surface area contributed by atoms with Gasteiger partial charge in [0.1, 0.15) is 0 Å². The fourth-order valence-corrected chi connectivity index (χ4v) is 3.55. The van der Waals surface area contributed by atoms with Crippen LogP contribution in [0.5, 0.6) is 0 Å². The molecule has 3 nitrogen and oxygen atoms in total. The first-order chi connectivity index (χ1) is 10.1. The lowest BCUT2D eigenvalue weighted by Crippen LogP contribution is -2.45. The number of halogens is 1. The zero-order chi connectivity index (χ0) is 14.8. The highest BCUT2D eigenvalue weighted by atomic mass is 79.9. The summed E-state index contributed by atoms with van der Waals surface area (Å²) in [6.45, 7) is 3.32. The number of piperidine rings is 1. The molecule has 1 saturated heterocycles. The van der Waals surface area contributed by atoms with E-state index in [9.17, 15) is 0 Å². The maximum absolute atomic E-state index is 3.66. The van der Waals surface area contributed by atoms with E-state index in [2.05, 4.69) is 63.3 Å². The molecule has 21 heavy (non-hydrogen) atoms. The first kappa shape index (κ1) is 15.3. The Morgan fingerprint density at radius 3 is 2.81 bits per heavy atom. The van der Waals surface area contributed by atoms with Gasteiger partial charge < -0.3 is 15.1 Å². The molecule has 3 rings (SSSR count). The summed E-state index contributed by atoms with van der Waals surface area (Å²) >= 11 is 3.62. The quantitative estimate of drug-likeness (QED) is 0.878. The molecule has 1 unspecified atom stereocenters. The van der Waals surface area contributed by atoms with Gasteiger partial charge in [0.05, 0.1) is 0 Å². The Morgan fingerprint density at radius 1 is 1.29 bits per heavy atom. The van der Waals surface area contributed by atoms with Crippen molar-refractivity contribution >= 4 is 21.6 Å². The Labute approximate surface area is 136 Å². The van der Waals surface area contributed by atoms with Gasteiger partial charge in [0.2, 0.25) is 0 Å². The van der Waals surface area contributed by atoms with Crippen molar-refractivity contribution in [2.45, 2.75) is 44.3 Å². The van der Waals surface area contributed by atoms with Crippen LogP contribution in [0.2, 0.25) is 0 Å². The molecular formula is C17H26BrN3. The Morgan fingerprint density at radius 2 is 2.10 bits per heavy atom. The fraction of sp³-hybridized carbons (Fsp3) is 0.647. The summed E-state index contributed by atoms with van der Waals surface area (Å²) in [5.74, 6) is 0. The van der Waals surface area contributed by atoms with Crippen molar-refractivity contribution in [1.29, 1.82) is 0 Å². The van der Waals surface area contributed by atoms with Gasteiger partial charge in [-0.1, -0.05) is 15.9 Å². The summed E-state index contributed by atoms with van der Waals surface area (Å²) in [6, 6.07) is 8.17. The lowest BCUT2D eigenvalue weighted by Gasteiger charge is -2.38. The molecular weight excluding hydrogens is 326 g/mol. The SMILES string of the molecule is CN(C)C1CCCN(c2ccc(Br)cc2CNC2CC2)C1. The molecule has 0 bridgehead atoms. The summed E-state index contributed by atoms with van der Waals surface area (Å²) in [6.07, 6.45) is 5.29. The van der Waals surface area contributed by atoms with Gasteiger partial charge in [-0.15, -0.1) is 0 Å². The summed E-state index contributed by atoms with van der Waals surface area (Å²) in [4.78, 5) is 4.94. The molecule has 1 aromatic rings. The molecule has 1 atom stereocenters. The summed E-state index contributed by atoms with van der Waals surface area (Å²) in [5, 5.41) is 3.66. The minimum atomic E-state index is 0.673. The van der Waals surface area contributed by atoms with Crippen LogP contribution in [0.1, 0.15) is 31.2 Å². The third-order valence-electron chi connectivity index (χ3n) is 4.67. The smallest absolute Gasteiger partial charge is 0.0413 e. The van der Waals surface area contributed by atoms with E-state index in [0.29, 0.717) is 6.04 Å². The zero-order valence-corrected chi connectivity index (χ0v) is 14.7. The number of hydrogen-bond acceptors (Lipinski definition) is 3. The van der Waals surface area contributed by atoms with E-state index in [1.54, 1.807) is 0 Å². The predicted molar refractivity (Wildman–Crippen MR) is 92.9 cm³/mol. The van der Waals surface area contributed by atoms with E-state index in [4.69, 9.17) is 0 Å². The maximum atomic E-state index is 3.66. The average Bonchev–Trinajstić information content (AvgIpc) is 3.29. The third kappa shape index (κ3) is 3.99. The van der Waals surface area contributed by atoms with Crippen molar-refractivity contribution < 1.29 is 0 Å². The van der Waals surface area contributed by atoms with Crippen molar-refractivity contribution in [2.75, 3.05) is 32.1 Å². The molecule has 4 heteroatoms. The summed E-state index contributed by atoms with van der Waals surface area (Å²) < 4.78 is 1.18. The molecule has 1 aromatic carbocycles. The van der Waals surface area contributed by atoms with Gasteiger partial charge in [0.15, 0.2) is 0 Å². The first-order valence-corrected chi connectivity index (χ1v) is 8.86. The molecule has 1 aliphatic heterocycles. The second-order valence-electron chi connectivity index (χ2n) is 6.63. The molecule has 116 valence electrons. The van der Waals surface area contributed by atoms with E-state index >= 15 is 0 Å². The molecule has 2 aliphatic rings. The normalized spacial score (nSPS) is 22.9. The van der Waals surface area contributed by atoms with E-state index in [1.807, 2.05) is 0 Å². The number of likely N-dealkylation sites (N-methyl/N-ethyl adjacent to an activating group) is 1. The molecule has 1 N–H and O–H groups in total. The van der Waals surface area contributed by atoms with Gasteiger partial charge >= 0.3 is 0 Å². The monoisotopic (exact) mass is 351 g/mol. The number of nitrogens with zero attached hydrogens (tertiary/aromatic N) is 2. The van der Waals surface area contributed by atoms with Crippen LogP contribution in [0.15, 0.2) is 22.7 Å². The molecule has 2 fully saturated rings. The lowest BCUT2D eigenvalue weighted by molar-refractivity contribution is 0.258. The highest BCUT2D eigenvalue weighted by molar-refractivity contribution is 9.10. The summed E-state index contributed by atoms with van der Waals surface area (Å²) in [5.41, 5.74) is 2.84. The van der Waals surface area contributed by atoms with Gasteiger partial charge in [-0.2, -0.15) is 0 Å². The second kappa shape index (κ2) is 6.67. The molecule has 0 spiro atoms. The van der Waals surface area contributed by atoms with E-state index in [0.717, 1.165) is 19.1 Å². The number of nitrogens with one attached hydrogen (secondary N) is 1. The van der Waals surface area contributed by atoms with Crippen LogP contribution >= 0.6 is 15.9 Å². The number of anilines is 1. The van der Waals surface area contributed by atoms with Crippen LogP contribution in [-0.4, -0.2) is 44.2 Å². The van der Waals surface area contributed by atoms with E-state index in [-0.39, 0.29) is 0 Å². The van der Waals surface area contributed by atoms with Crippen LogP contribution in [0.25, 0.3) is 0 Å². The number of rotatable bonds is 5. The number of benzene rings is 1. The molecule has 1 aliphatic carbocycles. The van der Waals surface area contributed by atoms with Gasteiger partial charge in [-0.25, -0.2) is 0 Å². The highest BCUT2D eigenvalue weighted by Gasteiger charge is 2.24. The second-order valence-corrected chi connectivity index (χ2v) is 7.55. The van der Waals surface area contributed by atoms with Gasteiger partial charge in [0.25, 0.3) is 0 Å². The molecule has 1 saturated carbocycles. The topological polar surface area (TPSA) is 18.5 Å². The molecule has 0 aromatic heterocycles. The lowest BCUT2D eigenvalue weighted by atomic mass is 10.0. The fourth-order valence-electron chi connectivity index (χ4n) is 3.14. The Kier molecular flexibility index (Phi) is 4.87. The number of hydrogen-bond donors (Lipinski definition) is 1. The minimum absolute atomic E-state index is 0.673. The Bertz CT molecular complexity index is 485. The first-order valence-electron chi connectivity index (χ1n) is 8.06. The maximum Gasteiger partial charge on any atom is 0.0413 e. The van der Waals surface area contributed by atoms with E-state index < -0.39 is 0 Å². The van der Waals surface area contributed by atoms with Gasteiger partial charge in [-0.3, -0.25) is 0 Å². The van der Waals surface area contributed by atoms with Crippen molar-refractivity contribution in [3.63, 3.8) is 0 Å². The Hall–Kier alpha value is -0.580. The van der Waals surface area contributed by atoms with Crippen LogP contribution in [0, 0.1) is 0 Å². The average molecular weight is 352 g/mol. The highest BCUT2D eigenvalue weighted by Crippen LogP contribution is 2.29. The largest absolute Gasteiger partial charge is 0.370 e. The Balaban J connectivity index is 1.75. The van der Waals surface area contributed by atoms with Crippen molar-refractivity contribution in [3.8, 4) is 0 Å². The van der Waals surface area contributed by atoms with Crippen LogP contribution in [-0.2, 0) is 6.54 Å². The standard InChI is InChI=1S/C17H26BrN3/c1-20(2)16-4-3-9-21(12-16)17-8-5-14(18)10-13(17)11-19-15-6-7-15/h5,8,10,15-16,19H,3-4,6-7,9,11-12H2,1-2H3. The summed E-state index contributed by atoms with van der Waals surface area (Å²) in [7, 11) is 4.40. The zero-order valence-electron chi connectivity index (χ0n) is 13.1. The molecule has 1 heterocycles. The minimum Gasteiger partial charge on any atom is -0.370 e. The van der Waals surface area contributed by atoms with Crippen molar-refractivity contribution in [1.82, 2.24) is 10.2 Å². The van der Waals surface area contributed by atoms with Crippen LogP contribution < -0.4 is 10.2 Å². The van der Waals surface area contributed by atoms with Crippen molar-refractivity contribution in [3.05, 3.63) is 28.2 Å². The van der Waals surface area contributed by atoms with Gasteiger partial charge in [0, 0.05) is 41.9 Å². The van der Waals surface area contributed by atoms with Crippen LogP contribution in [0.3, 0.4) is 0 Å². The van der Waals surface area contributed by atoms with E-state index in [1.165, 1.54) is 48.0 Å². The van der Waals surface area contributed by atoms with Crippen molar-refractivity contribution in [2.24, 2.45) is 0 Å². The third-order valence-corrected chi connectivity index (χ3v) is 5.16.